The van der Waals surface area contributed by atoms with Crippen LogP contribution in [0.2, 0.25) is 0 Å². The largest absolute Gasteiger partial charge is 0.345 e. The molecule has 2 heterocycles. The topological polar surface area (TPSA) is 52.2 Å². The van der Waals surface area contributed by atoms with Crippen molar-refractivity contribution >= 4 is 5.91 Å². The molecular formula is C17H30N4O. The van der Waals surface area contributed by atoms with E-state index in [2.05, 4.69) is 28.9 Å². The molecule has 0 radical (unpaired) electrons. The highest BCUT2D eigenvalue weighted by Crippen LogP contribution is 2.21. The molecule has 0 unspecified atom stereocenters. The van der Waals surface area contributed by atoms with Crippen LogP contribution in [0.1, 0.15) is 43.6 Å². The van der Waals surface area contributed by atoms with Gasteiger partial charge in [0.05, 0.1) is 5.69 Å². The van der Waals surface area contributed by atoms with Crippen molar-refractivity contribution in [2.75, 3.05) is 26.7 Å². The molecule has 1 fully saturated rings. The average Bonchev–Trinajstić information content (AvgIpc) is 2.83. The molecule has 5 heteroatoms. The van der Waals surface area contributed by atoms with E-state index in [-0.39, 0.29) is 5.92 Å². The first-order valence-corrected chi connectivity index (χ1v) is 8.39. The summed E-state index contributed by atoms with van der Waals surface area (Å²) in [6, 6.07) is 0.584. The van der Waals surface area contributed by atoms with E-state index in [1.807, 2.05) is 25.8 Å². The van der Waals surface area contributed by atoms with E-state index in [0.717, 1.165) is 50.3 Å². The number of likely N-dealkylation sites (tertiary alicyclic amines) is 1. The first-order chi connectivity index (χ1) is 10.4. The van der Waals surface area contributed by atoms with Gasteiger partial charge in [0.2, 0.25) is 5.91 Å². The number of rotatable bonds is 5. The third-order valence-electron chi connectivity index (χ3n) is 4.96. The van der Waals surface area contributed by atoms with Crippen molar-refractivity contribution < 1.29 is 4.79 Å². The lowest BCUT2D eigenvalue weighted by molar-refractivity contribution is -0.135. The first kappa shape index (κ1) is 17.0. The number of nitrogens with zero attached hydrogens (tertiary/aromatic N) is 3. The fraction of sp³-hybridized carbons (Fsp3) is 0.765. The molecule has 5 nitrogen and oxygen atoms in total. The summed E-state index contributed by atoms with van der Waals surface area (Å²) < 4.78 is 0. The maximum atomic E-state index is 12.6. The minimum atomic E-state index is 0.201. The van der Waals surface area contributed by atoms with E-state index < -0.39 is 0 Å². The second-order valence-electron chi connectivity index (χ2n) is 6.83. The van der Waals surface area contributed by atoms with Gasteiger partial charge in [0.15, 0.2) is 0 Å². The van der Waals surface area contributed by atoms with Gasteiger partial charge in [0.1, 0.15) is 0 Å². The highest BCUT2D eigenvalue weighted by Gasteiger charge is 2.27. The summed E-state index contributed by atoms with van der Waals surface area (Å²) in [7, 11) is 1.93. The summed E-state index contributed by atoms with van der Waals surface area (Å²) in [4.78, 5) is 17.0. The summed E-state index contributed by atoms with van der Waals surface area (Å²) in [5.41, 5.74) is 3.40. The van der Waals surface area contributed by atoms with Gasteiger partial charge in [-0.05, 0) is 65.6 Å². The third-order valence-corrected chi connectivity index (χ3v) is 4.96. The Bertz CT molecular complexity index is 481. The number of hydrogen-bond acceptors (Lipinski definition) is 3. The molecule has 1 aliphatic heterocycles. The van der Waals surface area contributed by atoms with Gasteiger partial charge in [-0.3, -0.25) is 9.89 Å². The normalized spacial score (nSPS) is 17.2. The number of amides is 1. The number of carbonyl (C=O) groups excluding carboxylic acids is 1. The van der Waals surface area contributed by atoms with Crippen LogP contribution in [-0.4, -0.2) is 58.6 Å². The van der Waals surface area contributed by atoms with Gasteiger partial charge in [-0.25, -0.2) is 0 Å². The predicted molar refractivity (Wildman–Crippen MR) is 88.8 cm³/mol. The summed E-state index contributed by atoms with van der Waals surface area (Å²) >= 11 is 0. The van der Waals surface area contributed by atoms with Crippen LogP contribution in [0.15, 0.2) is 0 Å². The Hall–Kier alpha value is -1.36. The minimum Gasteiger partial charge on any atom is -0.345 e. The molecule has 0 saturated carbocycles. The number of aromatic amines is 1. The molecule has 1 aliphatic rings. The van der Waals surface area contributed by atoms with Crippen LogP contribution >= 0.6 is 0 Å². The van der Waals surface area contributed by atoms with Gasteiger partial charge in [-0.2, -0.15) is 5.10 Å². The zero-order valence-corrected chi connectivity index (χ0v) is 14.6. The molecule has 0 aromatic carbocycles. The molecule has 1 aromatic rings. The van der Waals surface area contributed by atoms with E-state index in [9.17, 15) is 4.79 Å². The van der Waals surface area contributed by atoms with E-state index in [1.165, 1.54) is 5.56 Å². The highest BCUT2D eigenvalue weighted by atomic mass is 16.2. The van der Waals surface area contributed by atoms with Crippen LogP contribution in [0.3, 0.4) is 0 Å². The second-order valence-corrected chi connectivity index (χ2v) is 6.83. The van der Waals surface area contributed by atoms with Gasteiger partial charge in [0.25, 0.3) is 0 Å². The molecule has 2 rings (SSSR count). The average molecular weight is 306 g/mol. The minimum absolute atomic E-state index is 0.201. The summed E-state index contributed by atoms with van der Waals surface area (Å²) in [5, 5.41) is 7.23. The van der Waals surface area contributed by atoms with E-state index in [4.69, 9.17) is 0 Å². The Labute approximate surface area is 134 Å². The number of likely N-dealkylation sites (N-methyl/N-ethyl adjacent to an activating group) is 1. The van der Waals surface area contributed by atoms with E-state index in [0.29, 0.717) is 11.9 Å². The van der Waals surface area contributed by atoms with E-state index in [1.54, 1.807) is 0 Å². The van der Waals surface area contributed by atoms with Crippen molar-refractivity contribution in [2.24, 2.45) is 5.92 Å². The Morgan fingerprint density at radius 1 is 1.36 bits per heavy atom. The molecule has 22 heavy (non-hydrogen) atoms. The van der Waals surface area contributed by atoms with Gasteiger partial charge in [0, 0.05) is 31.2 Å². The lowest BCUT2D eigenvalue weighted by Crippen LogP contribution is -2.43. The van der Waals surface area contributed by atoms with Crippen LogP contribution in [0.25, 0.3) is 0 Å². The van der Waals surface area contributed by atoms with Crippen molar-refractivity contribution in [1.82, 2.24) is 20.0 Å². The Morgan fingerprint density at radius 3 is 2.50 bits per heavy atom. The Balaban J connectivity index is 1.83. The summed E-state index contributed by atoms with van der Waals surface area (Å²) in [6.45, 7) is 11.4. The monoisotopic (exact) mass is 306 g/mol. The van der Waals surface area contributed by atoms with Gasteiger partial charge >= 0.3 is 0 Å². The molecule has 1 amide bonds. The molecule has 1 aromatic heterocycles. The number of carbonyl (C=O) groups is 1. The third kappa shape index (κ3) is 3.88. The Kier molecular flexibility index (Phi) is 5.62. The van der Waals surface area contributed by atoms with Gasteiger partial charge in [-0.15, -0.1) is 0 Å². The van der Waals surface area contributed by atoms with Crippen LogP contribution in [-0.2, 0) is 11.2 Å². The fourth-order valence-electron chi connectivity index (χ4n) is 3.31. The van der Waals surface area contributed by atoms with E-state index >= 15 is 0 Å². The van der Waals surface area contributed by atoms with Crippen LogP contribution in [0.4, 0.5) is 0 Å². The number of nitrogens with one attached hydrogen (secondary N) is 1. The summed E-state index contributed by atoms with van der Waals surface area (Å²) in [5.74, 6) is 0.508. The first-order valence-electron chi connectivity index (χ1n) is 8.39. The molecular weight excluding hydrogens is 276 g/mol. The number of aromatic nitrogens is 2. The van der Waals surface area contributed by atoms with Crippen molar-refractivity contribution in [1.29, 1.82) is 0 Å². The maximum absolute atomic E-state index is 12.6. The number of aryl methyl sites for hydroxylation is 2. The molecule has 0 bridgehead atoms. The molecule has 0 spiro atoms. The predicted octanol–water partition coefficient (Wildman–Crippen LogP) is 2.15. The molecule has 0 aliphatic carbocycles. The smallest absolute Gasteiger partial charge is 0.225 e. The fourth-order valence-corrected chi connectivity index (χ4v) is 3.31. The molecule has 0 atom stereocenters. The van der Waals surface area contributed by atoms with Crippen molar-refractivity contribution in [3.05, 3.63) is 17.0 Å². The van der Waals surface area contributed by atoms with Crippen molar-refractivity contribution in [3.63, 3.8) is 0 Å². The maximum Gasteiger partial charge on any atom is 0.225 e. The van der Waals surface area contributed by atoms with Crippen molar-refractivity contribution in [3.8, 4) is 0 Å². The summed E-state index contributed by atoms with van der Waals surface area (Å²) in [6.07, 6.45) is 2.86. The lowest BCUT2D eigenvalue weighted by Gasteiger charge is -2.35. The van der Waals surface area contributed by atoms with Gasteiger partial charge in [-0.1, -0.05) is 0 Å². The standard InChI is InChI=1S/C17H30N4O/c1-12(2)21-10-6-15(7-11-21)17(22)20(5)9-8-16-13(3)18-19-14(16)4/h12,15H,6-11H2,1-5H3,(H,18,19). The molecule has 1 N–H and O–H groups in total. The van der Waals surface area contributed by atoms with Crippen LogP contribution in [0, 0.1) is 19.8 Å². The number of hydrogen-bond donors (Lipinski definition) is 1. The van der Waals surface area contributed by atoms with Crippen LogP contribution < -0.4 is 0 Å². The number of piperidine rings is 1. The SMILES string of the molecule is Cc1n[nH]c(C)c1CCN(C)C(=O)C1CCN(C(C)C)CC1. The number of H-pyrrole nitrogens is 1. The van der Waals surface area contributed by atoms with Gasteiger partial charge < -0.3 is 9.80 Å². The Morgan fingerprint density at radius 2 is 2.00 bits per heavy atom. The quantitative estimate of drug-likeness (QED) is 0.907. The second kappa shape index (κ2) is 7.27. The molecule has 124 valence electrons. The molecule has 1 saturated heterocycles. The zero-order valence-electron chi connectivity index (χ0n) is 14.6. The van der Waals surface area contributed by atoms with Crippen molar-refractivity contribution in [2.45, 2.75) is 53.0 Å². The van der Waals surface area contributed by atoms with Crippen LogP contribution in [0.5, 0.6) is 0 Å². The highest BCUT2D eigenvalue weighted by molar-refractivity contribution is 5.78. The lowest BCUT2D eigenvalue weighted by atomic mass is 9.94. The zero-order chi connectivity index (χ0) is 16.3.